The molecular weight excluding hydrogens is 345 g/mol. The van der Waals surface area contributed by atoms with Gasteiger partial charge in [-0.1, -0.05) is 29.8 Å². The van der Waals surface area contributed by atoms with E-state index in [1.165, 1.54) is 11.8 Å². The molecule has 0 radical (unpaired) electrons. The fraction of sp³-hybridized carbons (Fsp3) is 0.263. The molecule has 2 aromatic carbocycles. The molecule has 0 fully saturated rings. The minimum Gasteiger partial charge on any atom is -0.350 e. The van der Waals surface area contributed by atoms with Gasteiger partial charge in [-0.15, -0.1) is 0 Å². The average molecular weight is 364 g/mol. The van der Waals surface area contributed by atoms with Gasteiger partial charge in [-0.2, -0.15) is 0 Å². The fourth-order valence-electron chi connectivity index (χ4n) is 2.48. The highest BCUT2D eigenvalue weighted by Gasteiger charge is 2.19. The van der Waals surface area contributed by atoms with E-state index in [1.54, 1.807) is 0 Å². The molecule has 0 saturated heterocycles. The van der Waals surface area contributed by atoms with Crippen LogP contribution in [0.2, 0.25) is 0 Å². The Balaban J connectivity index is 1.96. The van der Waals surface area contributed by atoms with Crippen LogP contribution >= 0.6 is 0 Å². The molecule has 7 heteroatoms. The molecule has 0 saturated carbocycles. The number of rotatable bonds is 6. The van der Waals surface area contributed by atoms with Crippen molar-refractivity contribution in [2.75, 3.05) is 13.1 Å². The van der Waals surface area contributed by atoms with Crippen molar-refractivity contribution in [2.45, 2.75) is 20.4 Å². The second-order valence-electron chi connectivity index (χ2n) is 5.91. The first-order chi connectivity index (χ1) is 12.3. The van der Waals surface area contributed by atoms with Gasteiger partial charge in [-0.25, -0.2) is 13.2 Å². The van der Waals surface area contributed by atoms with Crippen LogP contribution in [0.4, 0.5) is 13.2 Å². The number of nitrogens with zero attached hydrogens (tertiary/aromatic N) is 1. The highest BCUT2D eigenvalue weighted by atomic mass is 19.2. The standard InChI is InChI=1S/C19H19F3N2O2/c1-12-4-3-5-14(10-12)11-24(13(2)25)9-8-23-19(26)15-6-7-16(20)18(22)17(15)21/h3-7,10H,8-9,11H2,1-2H3,(H,23,26). The molecular formula is C19H19F3N2O2. The molecule has 138 valence electrons. The van der Waals surface area contributed by atoms with Gasteiger partial charge >= 0.3 is 0 Å². The molecule has 0 spiro atoms. The molecule has 2 aromatic rings. The van der Waals surface area contributed by atoms with Crippen LogP contribution in [0, 0.1) is 24.4 Å². The number of amides is 2. The van der Waals surface area contributed by atoms with Crippen LogP contribution in [-0.2, 0) is 11.3 Å². The van der Waals surface area contributed by atoms with Gasteiger partial charge in [-0.3, -0.25) is 9.59 Å². The van der Waals surface area contributed by atoms with Crippen molar-refractivity contribution in [1.82, 2.24) is 10.2 Å². The number of hydrogen-bond acceptors (Lipinski definition) is 2. The summed E-state index contributed by atoms with van der Waals surface area (Å²) in [5.41, 5.74) is 1.42. The number of halogens is 3. The van der Waals surface area contributed by atoms with Crippen molar-refractivity contribution in [1.29, 1.82) is 0 Å². The minimum atomic E-state index is -1.69. The second kappa shape index (κ2) is 8.51. The van der Waals surface area contributed by atoms with Gasteiger partial charge in [0.2, 0.25) is 5.91 Å². The van der Waals surface area contributed by atoms with E-state index in [-0.39, 0.29) is 19.0 Å². The lowest BCUT2D eigenvalue weighted by atomic mass is 10.1. The molecule has 26 heavy (non-hydrogen) atoms. The molecule has 0 aliphatic carbocycles. The third-order valence-electron chi connectivity index (χ3n) is 3.85. The fourth-order valence-corrected chi connectivity index (χ4v) is 2.48. The summed E-state index contributed by atoms with van der Waals surface area (Å²) < 4.78 is 39.7. The largest absolute Gasteiger partial charge is 0.350 e. The predicted octanol–water partition coefficient (Wildman–Crippen LogP) is 3.19. The molecule has 0 bridgehead atoms. The highest BCUT2D eigenvalue weighted by Crippen LogP contribution is 2.15. The van der Waals surface area contributed by atoms with Crippen LogP contribution in [0.3, 0.4) is 0 Å². The van der Waals surface area contributed by atoms with Crippen LogP contribution in [0.1, 0.15) is 28.4 Å². The summed E-state index contributed by atoms with van der Waals surface area (Å²) in [4.78, 5) is 25.2. The molecule has 0 aliphatic rings. The smallest absolute Gasteiger partial charge is 0.254 e. The molecule has 0 heterocycles. The SMILES string of the molecule is CC(=O)N(CCNC(=O)c1ccc(F)c(F)c1F)Cc1cccc(C)c1. The summed E-state index contributed by atoms with van der Waals surface area (Å²) in [6, 6.07) is 9.23. The summed E-state index contributed by atoms with van der Waals surface area (Å²) in [6.07, 6.45) is 0. The number of carbonyl (C=O) groups is 2. The van der Waals surface area contributed by atoms with E-state index in [4.69, 9.17) is 0 Å². The van der Waals surface area contributed by atoms with E-state index in [0.29, 0.717) is 12.6 Å². The lowest BCUT2D eigenvalue weighted by molar-refractivity contribution is -0.129. The van der Waals surface area contributed by atoms with Crippen molar-refractivity contribution >= 4 is 11.8 Å². The van der Waals surface area contributed by atoms with Gasteiger partial charge < -0.3 is 10.2 Å². The number of aryl methyl sites for hydroxylation is 1. The van der Waals surface area contributed by atoms with Crippen LogP contribution < -0.4 is 5.32 Å². The van der Waals surface area contributed by atoms with Crippen molar-refractivity contribution in [3.63, 3.8) is 0 Å². The van der Waals surface area contributed by atoms with Crippen LogP contribution in [0.15, 0.2) is 36.4 Å². The predicted molar refractivity (Wildman–Crippen MR) is 90.9 cm³/mol. The van der Waals surface area contributed by atoms with E-state index in [2.05, 4.69) is 5.32 Å². The van der Waals surface area contributed by atoms with E-state index >= 15 is 0 Å². The first-order valence-electron chi connectivity index (χ1n) is 8.02. The zero-order valence-electron chi connectivity index (χ0n) is 14.5. The molecule has 0 aliphatic heterocycles. The van der Waals surface area contributed by atoms with Gasteiger partial charge in [-0.05, 0) is 24.6 Å². The Morgan fingerprint density at radius 1 is 1.08 bits per heavy atom. The van der Waals surface area contributed by atoms with Crippen molar-refractivity contribution < 1.29 is 22.8 Å². The number of carbonyl (C=O) groups excluding carboxylic acids is 2. The van der Waals surface area contributed by atoms with Crippen LogP contribution in [0.25, 0.3) is 0 Å². The maximum atomic E-state index is 13.6. The molecule has 0 aromatic heterocycles. The highest BCUT2D eigenvalue weighted by molar-refractivity contribution is 5.94. The van der Waals surface area contributed by atoms with Gasteiger partial charge in [0.05, 0.1) is 5.56 Å². The number of hydrogen-bond donors (Lipinski definition) is 1. The normalized spacial score (nSPS) is 10.5. The van der Waals surface area contributed by atoms with E-state index in [1.807, 2.05) is 31.2 Å². The zero-order valence-corrected chi connectivity index (χ0v) is 14.5. The molecule has 2 rings (SSSR count). The second-order valence-corrected chi connectivity index (χ2v) is 5.91. The lowest BCUT2D eigenvalue weighted by Gasteiger charge is -2.21. The summed E-state index contributed by atoms with van der Waals surface area (Å²) in [5.74, 6) is -5.65. The summed E-state index contributed by atoms with van der Waals surface area (Å²) >= 11 is 0. The lowest BCUT2D eigenvalue weighted by Crippen LogP contribution is -2.37. The molecule has 2 amide bonds. The maximum Gasteiger partial charge on any atom is 0.254 e. The van der Waals surface area contributed by atoms with E-state index < -0.39 is 28.9 Å². The number of nitrogens with one attached hydrogen (secondary N) is 1. The zero-order chi connectivity index (χ0) is 19.3. The Kier molecular flexibility index (Phi) is 6.38. The van der Waals surface area contributed by atoms with E-state index in [0.717, 1.165) is 17.2 Å². The summed E-state index contributed by atoms with van der Waals surface area (Å²) in [6.45, 7) is 3.96. The Bertz CT molecular complexity index is 824. The monoisotopic (exact) mass is 364 g/mol. The minimum absolute atomic E-state index is 0.0443. The molecule has 1 N–H and O–H groups in total. The summed E-state index contributed by atoms with van der Waals surface area (Å²) in [5, 5.41) is 2.41. The molecule has 0 unspecified atom stereocenters. The maximum absolute atomic E-state index is 13.6. The van der Waals surface area contributed by atoms with E-state index in [9.17, 15) is 22.8 Å². The topological polar surface area (TPSA) is 49.4 Å². The van der Waals surface area contributed by atoms with Gasteiger partial charge in [0, 0.05) is 26.6 Å². The average Bonchev–Trinajstić information content (AvgIpc) is 2.58. The third-order valence-corrected chi connectivity index (χ3v) is 3.85. The Morgan fingerprint density at radius 3 is 2.46 bits per heavy atom. The number of benzene rings is 2. The quantitative estimate of drug-likeness (QED) is 0.801. The molecule has 0 atom stereocenters. The first-order valence-corrected chi connectivity index (χ1v) is 8.02. The Morgan fingerprint density at radius 2 is 1.81 bits per heavy atom. The Hall–Kier alpha value is -2.83. The van der Waals surface area contributed by atoms with Crippen molar-refractivity contribution in [2.24, 2.45) is 0 Å². The van der Waals surface area contributed by atoms with Gasteiger partial charge in [0.25, 0.3) is 5.91 Å². The van der Waals surface area contributed by atoms with Gasteiger partial charge in [0.15, 0.2) is 17.5 Å². The first kappa shape index (κ1) is 19.5. The summed E-state index contributed by atoms with van der Waals surface area (Å²) in [7, 11) is 0. The Labute approximate surface area is 149 Å². The van der Waals surface area contributed by atoms with Crippen molar-refractivity contribution in [3.05, 3.63) is 70.5 Å². The van der Waals surface area contributed by atoms with Gasteiger partial charge in [0.1, 0.15) is 0 Å². The van der Waals surface area contributed by atoms with Crippen molar-refractivity contribution in [3.8, 4) is 0 Å². The third kappa shape index (κ3) is 4.84. The van der Waals surface area contributed by atoms with Crippen LogP contribution in [0.5, 0.6) is 0 Å². The molecule has 4 nitrogen and oxygen atoms in total. The van der Waals surface area contributed by atoms with Crippen LogP contribution in [-0.4, -0.2) is 29.8 Å².